The van der Waals surface area contributed by atoms with Gasteiger partial charge in [0.2, 0.25) is 0 Å². The Kier molecular flexibility index (Phi) is 3.81. The first-order chi connectivity index (χ1) is 7.97. The first kappa shape index (κ1) is 12.9. The van der Waals surface area contributed by atoms with Crippen LogP contribution >= 0.6 is 43.2 Å². The Labute approximate surface area is 119 Å². The maximum absolute atomic E-state index is 11.9. The van der Waals surface area contributed by atoms with E-state index in [-0.39, 0.29) is 4.90 Å². The zero-order chi connectivity index (χ0) is 12.5. The van der Waals surface area contributed by atoms with E-state index in [4.69, 9.17) is 0 Å². The normalized spacial score (nSPS) is 11.4. The number of thiazole rings is 1. The molecule has 0 aromatic carbocycles. The summed E-state index contributed by atoms with van der Waals surface area (Å²) < 4.78 is 27.6. The van der Waals surface area contributed by atoms with Crippen LogP contribution in [0.15, 0.2) is 37.8 Å². The van der Waals surface area contributed by atoms with Crippen molar-refractivity contribution in [1.29, 1.82) is 0 Å². The summed E-state index contributed by atoms with van der Waals surface area (Å²) in [5, 5.41) is 0.303. The third-order valence-corrected chi connectivity index (χ3v) is 4.95. The number of rotatable bonds is 3. The molecule has 0 aliphatic carbocycles. The summed E-state index contributed by atoms with van der Waals surface area (Å²) in [4.78, 5) is 7.78. The second-order valence-corrected chi connectivity index (χ2v) is 7.92. The van der Waals surface area contributed by atoms with Crippen LogP contribution in [0.25, 0.3) is 0 Å². The fourth-order valence-electron chi connectivity index (χ4n) is 1.01. The van der Waals surface area contributed by atoms with Crippen molar-refractivity contribution in [2.75, 3.05) is 4.72 Å². The van der Waals surface area contributed by atoms with Gasteiger partial charge in [0, 0.05) is 16.9 Å². The molecule has 0 fully saturated rings. The topological polar surface area (TPSA) is 72.0 Å². The maximum atomic E-state index is 11.9. The molecule has 2 rings (SSSR count). The standard InChI is InChI=1S/C8H5Br2N3O2S2/c9-5-1-6(3-11-2-5)17(14,15)13-8-12-4-7(10)16-8/h1-4H,(H,12,13). The first-order valence-corrected chi connectivity index (χ1v) is 8.11. The van der Waals surface area contributed by atoms with E-state index in [9.17, 15) is 8.42 Å². The fraction of sp³-hybridized carbons (Fsp3) is 0. The van der Waals surface area contributed by atoms with E-state index in [0.29, 0.717) is 9.60 Å². The third-order valence-electron chi connectivity index (χ3n) is 1.69. The molecule has 2 aromatic heterocycles. The van der Waals surface area contributed by atoms with Crippen LogP contribution < -0.4 is 4.72 Å². The number of anilines is 1. The summed E-state index contributed by atoms with van der Waals surface area (Å²) >= 11 is 7.57. The second kappa shape index (κ2) is 5.01. The van der Waals surface area contributed by atoms with Gasteiger partial charge in [-0.2, -0.15) is 0 Å². The van der Waals surface area contributed by atoms with E-state index >= 15 is 0 Å². The molecule has 0 radical (unpaired) electrons. The first-order valence-electron chi connectivity index (χ1n) is 4.22. The van der Waals surface area contributed by atoms with Gasteiger partial charge in [-0.15, -0.1) is 0 Å². The van der Waals surface area contributed by atoms with Gasteiger partial charge in [-0.25, -0.2) is 13.4 Å². The van der Waals surface area contributed by atoms with Gasteiger partial charge in [0.1, 0.15) is 4.90 Å². The summed E-state index contributed by atoms with van der Waals surface area (Å²) in [6.45, 7) is 0. The van der Waals surface area contributed by atoms with Gasteiger partial charge >= 0.3 is 0 Å². The Hall–Kier alpha value is -0.510. The number of nitrogens with zero attached hydrogens (tertiary/aromatic N) is 2. The van der Waals surface area contributed by atoms with Crippen LogP contribution in [-0.2, 0) is 10.0 Å². The SMILES string of the molecule is O=S(=O)(Nc1ncc(Br)s1)c1cncc(Br)c1. The van der Waals surface area contributed by atoms with Crippen molar-refractivity contribution in [2.24, 2.45) is 0 Å². The molecule has 0 unspecified atom stereocenters. The number of hydrogen-bond donors (Lipinski definition) is 1. The molecule has 17 heavy (non-hydrogen) atoms. The maximum Gasteiger partial charge on any atom is 0.265 e. The average molecular weight is 399 g/mol. The van der Waals surface area contributed by atoms with E-state index in [1.165, 1.54) is 36.0 Å². The average Bonchev–Trinajstić information content (AvgIpc) is 2.63. The van der Waals surface area contributed by atoms with Crippen molar-refractivity contribution < 1.29 is 8.42 Å². The van der Waals surface area contributed by atoms with E-state index in [1.54, 1.807) is 0 Å². The van der Waals surface area contributed by atoms with Crippen molar-refractivity contribution in [2.45, 2.75) is 4.90 Å². The summed E-state index contributed by atoms with van der Waals surface area (Å²) in [5.41, 5.74) is 0. The smallest absolute Gasteiger partial charge is 0.262 e. The van der Waals surface area contributed by atoms with Gasteiger partial charge in [0.05, 0.1) is 9.98 Å². The molecular weight excluding hydrogens is 394 g/mol. The Balaban J connectivity index is 2.31. The summed E-state index contributed by atoms with van der Waals surface area (Å²) in [6, 6.07) is 1.47. The highest BCUT2D eigenvalue weighted by Gasteiger charge is 2.16. The minimum absolute atomic E-state index is 0.0817. The lowest BCUT2D eigenvalue weighted by Crippen LogP contribution is -2.12. The minimum atomic E-state index is -3.64. The lowest BCUT2D eigenvalue weighted by molar-refractivity contribution is 0.600. The van der Waals surface area contributed by atoms with Crippen LogP contribution in [-0.4, -0.2) is 18.4 Å². The molecule has 0 spiro atoms. The summed E-state index contributed by atoms with van der Waals surface area (Å²) in [5.74, 6) is 0. The lowest BCUT2D eigenvalue weighted by Gasteiger charge is -2.04. The van der Waals surface area contributed by atoms with E-state index in [1.807, 2.05) is 0 Å². The lowest BCUT2D eigenvalue weighted by atomic mass is 10.5. The number of sulfonamides is 1. The highest BCUT2D eigenvalue weighted by Crippen LogP contribution is 2.25. The van der Waals surface area contributed by atoms with Crippen molar-refractivity contribution in [3.8, 4) is 0 Å². The minimum Gasteiger partial charge on any atom is -0.262 e. The van der Waals surface area contributed by atoms with E-state index in [0.717, 1.165) is 3.79 Å². The Bertz CT molecular complexity index is 642. The molecule has 0 saturated carbocycles. The molecule has 5 nitrogen and oxygen atoms in total. The van der Waals surface area contributed by atoms with Crippen LogP contribution in [0, 0.1) is 0 Å². The van der Waals surface area contributed by atoms with Crippen LogP contribution in [0.4, 0.5) is 5.13 Å². The van der Waals surface area contributed by atoms with Crippen LogP contribution in [0.1, 0.15) is 0 Å². The summed E-state index contributed by atoms with van der Waals surface area (Å²) in [7, 11) is -3.64. The molecule has 0 amide bonds. The molecule has 0 atom stereocenters. The van der Waals surface area contributed by atoms with Gasteiger partial charge in [-0.1, -0.05) is 11.3 Å². The zero-order valence-corrected chi connectivity index (χ0v) is 12.9. The van der Waals surface area contributed by atoms with Crippen LogP contribution in [0.2, 0.25) is 0 Å². The molecule has 90 valence electrons. The van der Waals surface area contributed by atoms with Crippen LogP contribution in [0.3, 0.4) is 0 Å². The van der Waals surface area contributed by atoms with Gasteiger partial charge in [0.15, 0.2) is 5.13 Å². The predicted molar refractivity (Wildman–Crippen MR) is 72.6 cm³/mol. The number of nitrogens with one attached hydrogen (secondary N) is 1. The Morgan fingerprint density at radius 3 is 2.59 bits per heavy atom. The molecule has 2 heterocycles. The number of hydrogen-bond acceptors (Lipinski definition) is 5. The molecule has 0 aliphatic rings. The van der Waals surface area contributed by atoms with Crippen LogP contribution in [0.5, 0.6) is 0 Å². The van der Waals surface area contributed by atoms with E-state index in [2.05, 4.69) is 46.5 Å². The van der Waals surface area contributed by atoms with Crippen molar-refractivity contribution in [3.63, 3.8) is 0 Å². The third kappa shape index (κ3) is 3.24. The van der Waals surface area contributed by atoms with Gasteiger partial charge in [-0.3, -0.25) is 9.71 Å². The number of halogens is 2. The molecule has 2 aromatic rings. The largest absolute Gasteiger partial charge is 0.265 e. The second-order valence-electron chi connectivity index (χ2n) is 2.91. The van der Waals surface area contributed by atoms with E-state index < -0.39 is 10.0 Å². The molecule has 0 aliphatic heterocycles. The van der Waals surface area contributed by atoms with Crippen molar-refractivity contribution in [3.05, 3.63) is 32.9 Å². The highest BCUT2D eigenvalue weighted by molar-refractivity contribution is 9.11. The monoisotopic (exact) mass is 397 g/mol. The molecular formula is C8H5Br2N3O2S2. The Morgan fingerprint density at radius 2 is 2.00 bits per heavy atom. The Morgan fingerprint density at radius 1 is 1.24 bits per heavy atom. The van der Waals surface area contributed by atoms with Gasteiger partial charge in [0.25, 0.3) is 10.0 Å². The van der Waals surface area contributed by atoms with Crippen molar-refractivity contribution >= 4 is 58.4 Å². The fourth-order valence-corrected chi connectivity index (χ4v) is 3.87. The predicted octanol–water partition coefficient (Wildman–Crippen LogP) is 2.86. The quantitative estimate of drug-likeness (QED) is 0.862. The molecule has 9 heteroatoms. The van der Waals surface area contributed by atoms with Gasteiger partial charge < -0.3 is 0 Å². The molecule has 0 saturated heterocycles. The highest BCUT2D eigenvalue weighted by atomic mass is 79.9. The number of aromatic nitrogens is 2. The molecule has 0 bridgehead atoms. The zero-order valence-electron chi connectivity index (χ0n) is 8.09. The number of pyridine rings is 1. The summed E-state index contributed by atoms with van der Waals surface area (Å²) in [6.07, 6.45) is 4.32. The van der Waals surface area contributed by atoms with Gasteiger partial charge in [-0.05, 0) is 37.9 Å². The van der Waals surface area contributed by atoms with Crippen molar-refractivity contribution in [1.82, 2.24) is 9.97 Å². The molecule has 1 N–H and O–H groups in total.